The minimum Gasteiger partial charge on any atom is -0.296 e. The van der Waals surface area contributed by atoms with Crippen molar-refractivity contribution in [3.8, 4) is 23.0 Å². The van der Waals surface area contributed by atoms with E-state index in [1.807, 2.05) is 17.8 Å². The molecule has 0 spiro atoms. The second-order valence-electron chi connectivity index (χ2n) is 8.90. The number of thiophene rings is 1. The van der Waals surface area contributed by atoms with Gasteiger partial charge < -0.3 is 0 Å². The van der Waals surface area contributed by atoms with Crippen molar-refractivity contribution in [1.82, 2.24) is 4.90 Å². The second-order valence-corrected chi connectivity index (χ2v) is 10.7. The molecule has 1 aromatic heterocycles. The molecule has 0 N–H and O–H groups in total. The van der Waals surface area contributed by atoms with E-state index in [-0.39, 0.29) is 5.41 Å². The van der Waals surface area contributed by atoms with Gasteiger partial charge >= 0.3 is 0 Å². The monoisotopic (exact) mass is 459 g/mol. The average Bonchev–Trinajstić information content (AvgIpc) is 3.31. The maximum absolute atomic E-state index is 3.25. The first-order valence-corrected chi connectivity index (χ1v) is 13.1. The van der Waals surface area contributed by atoms with Crippen molar-refractivity contribution in [3.05, 3.63) is 88.6 Å². The molecule has 0 saturated heterocycles. The van der Waals surface area contributed by atoms with E-state index in [1.165, 1.54) is 27.1 Å². The van der Waals surface area contributed by atoms with Gasteiger partial charge in [-0.3, -0.25) is 4.90 Å². The molecule has 1 heterocycles. The highest BCUT2D eigenvalue weighted by molar-refractivity contribution is 7.98. The van der Waals surface area contributed by atoms with Crippen LogP contribution in [0.5, 0.6) is 0 Å². The predicted molar refractivity (Wildman–Crippen MR) is 143 cm³/mol. The number of hydrogen-bond acceptors (Lipinski definition) is 3. The van der Waals surface area contributed by atoms with Crippen LogP contribution in [0.4, 0.5) is 0 Å². The topological polar surface area (TPSA) is 3.24 Å². The molecule has 0 atom stereocenters. The van der Waals surface area contributed by atoms with Crippen molar-refractivity contribution < 1.29 is 0 Å². The molecule has 0 bridgehead atoms. The predicted octanol–water partition coefficient (Wildman–Crippen LogP) is 8.14. The van der Waals surface area contributed by atoms with E-state index < -0.39 is 0 Å². The lowest BCUT2D eigenvalue weighted by molar-refractivity contribution is 0.311. The molecule has 0 unspecified atom stereocenters. The zero-order valence-corrected chi connectivity index (χ0v) is 21.2. The summed E-state index contributed by atoms with van der Waals surface area (Å²) in [5, 5.41) is 4.35. The molecule has 2 aromatic carbocycles. The summed E-state index contributed by atoms with van der Waals surface area (Å²) in [6, 6.07) is 20.0. The molecule has 0 aliphatic carbocycles. The maximum atomic E-state index is 3.25. The lowest BCUT2D eigenvalue weighted by Crippen LogP contribution is -2.22. The van der Waals surface area contributed by atoms with E-state index in [1.54, 1.807) is 11.3 Å². The largest absolute Gasteiger partial charge is 0.296 e. The summed E-state index contributed by atoms with van der Waals surface area (Å²) >= 11 is 3.65. The average molecular weight is 460 g/mol. The Morgan fingerprint density at radius 3 is 2.56 bits per heavy atom. The van der Waals surface area contributed by atoms with E-state index in [2.05, 4.69) is 116 Å². The molecule has 0 amide bonds. The fourth-order valence-electron chi connectivity index (χ4n) is 3.25. The molecule has 3 aromatic rings. The summed E-state index contributed by atoms with van der Waals surface area (Å²) in [7, 11) is 0. The highest BCUT2D eigenvalue weighted by Crippen LogP contribution is 2.28. The van der Waals surface area contributed by atoms with Crippen molar-refractivity contribution >= 4 is 23.1 Å². The molecule has 0 fully saturated rings. The number of hydrogen-bond donors (Lipinski definition) is 0. The molecule has 3 rings (SSSR count). The molecular weight excluding hydrogens is 426 g/mol. The van der Waals surface area contributed by atoms with Crippen LogP contribution in [0.1, 0.15) is 38.8 Å². The first-order chi connectivity index (χ1) is 15.4. The van der Waals surface area contributed by atoms with Crippen LogP contribution in [0.15, 0.2) is 82.4 Å². The lowest BCUT2D eigenvalue weighted by Gasteiger charge is -2.18. The Hall–Kier alpha value is -2.25. The first kappa shape index (κ1) is 24.4. The van der Waals surface area contributed by atoms with Crippen LogP contribution >= 0.6 is 23.1 Å². The van der Waals surface area contributed by atoms with Gasteiger partial charge in [-0.25, -0.2) is 0 Å². The van der Waals surface area contributed by atoms with Gasteiger partial charge in [0.15, 0.2) is 0 Å². The molecule has 0 aliphatic heterocycles. The first-order valence-electron chi connectivity index (χ1n) is 11.2. The minimum absolute atomic E-state index is 0.0537. The SMILES string of the molecule is CCN(CC=CC#CC(C)(C)C)Cc1cccc(SCc2cccc(-c3ccsc3)c2)c1. The number of thioether (sulfide) groups is 1. The van der Waals surface area contributed by atoms with Crippen LogP contribution in [0, 0.1) is 17.3 Å². The Balaban J connectivity index is 1.56. The van der Waals surface area contributed by atoms with Gasteiger partial charge in [0.05, 0.1) is 0 Å². The van der Waals surface area contributed by atoms with Crippen LogP contribution in [0.3, 0.4) is 0 Å². The molecule has 0 radical (unpaired) electrons. The van der Waals surface area contributed by atoms with Crippen LogP contribution < -0.4 is 0 Å². The van der Waals surface area contributed by atoms with Gasteiger partial charge in [0.2, 0.25) is 0 Å². The number of benzene rings is 2. The third-order valence-corrected chi connectivity index (χ3v) is 6.70. The third-order valence-electron chi connectivity index (χ3n) is 4.95. The zero-order chi connectivity index (χ0) is 22.8. The van der Waals surface area contributed by atoms with Gasteiger partial charge in [-0.2, -0.15) is 11.3 Å². The number of rotatable bonds is 9. The molecule has 0 saturated carbocycles. The summed E-state index contributed by atoms with van der Waals surface area (Å²) in [4.78, 5) is 3.76. The zero-order valence-electron chi connectivity index (χ0n) is 19.6. The van der Waals surface area contributed by atoms with Gasteiger partial charge in [-0.15, -0.1) is 11.8 Å². The normalized spacial score (nSPS) is 11.7. The van der Waals surface area contributed by atoms with Crippen molar-refractivity contribution in [1.29, 1.82) is 0 Å². The Morgan fingerprint density at radius 2 is 1.81 bits per heavy atom. The molecule has 166 valence electrons. The van der Waals surface area contributed by atoms with Crippen LogP contribution in [0.2, 0.25) is 0 Å². The van der Waals surface area contributed by atoms with E-state index in [0.29, 0.717) is 0 Å². The van der Waals surface area contributed by atoms with Gasteiger partial charge in [-0.1, -0.05) is 61.2 Å². The molecular formula is C29H33NS2. The smallest absolute Gasteiger partial charge is 0.0237 e. The van der Waals surface area contributed by atoms with Gasteiger partial charge in [0.1, 0.15) is 0 Å². The Labute approximate surface area is 202 Å². The molecule has 32 heavy (non-hydrogen) atoms. The van der Waals surface area contributed by atoms with E-state index in [9.17, 15) is 0 Å². The standard InChI is InChI=1S/C29H33NS2/c1-5-30(17-8-6-7-16-29(2,3)4)21-24-11-10-14-28(20-24)32-22-25-12-9-13-26(19-25)27-15-18-31-23-27/h6,8-15,18-20,23H,5,17,21-22H2,1-4H3. The summed E-state index contributed by atoms with van der Waals surface area (Å²) in [5.74, 6) is 7.40. The van der Waals surface area contributed by atoms with Crippen LogP contribution in [-0.4, -0.2) is 18.0 Å². The fraction of sp³-hybridized carbons (Fsp3) is 0.310. The van der Waals surface area contributed by atoms with Gasteiger partial charge in [-0.05, 0) is 84.6 Å². The quantitative estimate of drug-likeness (QED) is 0.235. The number of likely N-dealkylation sites (N-methyl/N-ethyl adjacent to an activating group) is 1. The van der Waals surface area contributed by atoms with Gasteiger partial charge in [0, 0.05) is 29.2 Å². The molecule has 3 heteroatoms. The maximum Gasteiger partial charge on any atom is 0.0237 e. The van der Waals surface area contributed by atoms with Crippen molar-refractivity contribution in [2.45, 2.75) is 44.9 Å². The highest BCUT2D eigenvalue weighted by Gasteiger charge is 2.05. The van der Waals surface area contributed by atoms with Crippen LogP contribution in [-0.2, 0) is 12.3 Å². The summed E-state index contributed by atoms with van der Waals surface area (Å²) < 4.78 is 0. The Kier molecular flexibility index (Phi) is 9.23. The van der Waals surface area contributed by atoms with Gasteiger partial charge in [0.25, 0.3) is 0 Å². The van der Waals surface area contributed by atoms with E-state index in [4.69, 9.17) is 0 Å². The lowest BCUT2D eigenvalue weighted by atomic mass is 9.98. The molecule has 0 aliphatic rings. The van der Waals surface area contributed by atoms with Crippen molar-refractivity contribution in [2.24, 2.45) is 5.41 Å². The van der Waals surface area contributed by atoms with E-state index >= 15 is 0 Å². The summed E-state index contributed by atoms with van der Waals surface area (Å²) in [6.45, 7) is 11.5. The van der Waals surface area contributed by atoms with Crippen molar-refractivity contribution in [2.75, 3.05) is 13.1 Å². The second kappa shape index (κ2) is 12.1. The minimum atomic E-state index is 0.0537. The third kappa shape index (κ3) is 8.36. The summed E-state index contributed by atoms with van der Waals surface area (Å²) in [6.07, 6.45) is 4.16. The number of allylic oxidation sites excluding steroid dienone is 1. The van der Waals surface area contributed by atoms with Crippen LogP contribution in [0.25, 0.3) is 11.1 Å². The Bertz CT molecular complexity index is 1060. The van der Waals surface area contributed by atoms with Crippen molar-refractivity contribution in [3.63, 3.8) is 0 Å². The number of nitrogens with zero attached hydrogens (tertiary/aromatic N) is 1. The molecule has 1 nitrogen and oxygen atoms in total. The summed E-state index contributed by atoms with van der Waals surface area (Å²) in [5.41, 5.74) is 5.38. The highest BCUT2D eigenvalue weighted by atomic mass is 32.2. The fourth-order valence-corrected chi connectivity index (χ4v) is 4.84. The van der Waals surface area contributed by atoms with E-state index in [0.717, 1.165) is 25.4 Å². The Morgan fingerprint density at radius 1 is 1.00 bits per heavy atom.